The zero-order valence-corrected chi connectivity index (χ0v) is 11.3. The van der Waals surface area contributed by atoms with Crippen molar-refractivity contribution in [3.8, 4) is 0 Å². The second-order valence-electron chi connectivity index (χ2n) is 4.27. The fraction of sp³-hybridized carbons (Fsp3) is 0.286. The standard InChI is InChI=1S/C14H16FNO4/c1-16(2)8-12(14(18)20-15)13(17)10-19-9-11-6-4-3-5-7-11/h3-8H,9-10H2,1-2H3/b12-8-. The van der Waals surface area contributed by atoms with Crippen molar-refractivity contribution in [1.29, 1.82) is 0 Å². The summed E-state index contributed by atoms with van der Waals surface area (Å²) in [5.41, 5.74) is 0.497. The second kappa shape index (κ2) is 8.06. The molecule has 1 rings (SSSR count). The van der Waals surface area contributed by atoms with Gasteiger partial charge in [-0.15, -0.1) is 0 Å². The molecule has 1 aromatic carbocycles. The number of halogens is 1. The van der Waals surface area contributed by atoms with Crippen LogP contribution in [0.5, 0.6) is 0 Å². The first kappa shape index (κ1) is 15.8. The van der Waals surface area contributed by atoms with Gasteiger partial charge in [-0.3, -0.25) is 4.79 Å². The molecule has 0 aliphatic heterocycles. The van der Waals surface area contributed by atoms with E-state index in [1.807, 2.05) is 30.3 Å². The minimum Gasteiger partial charge on any atom is -0.383 e. The molecule has 0 amide bonds. The van der Waals surface area contributed by atoms with E-state index in [9.17, 15) is 14.1 Å². The number of nitrogens with zero attached hydrogens (tertiary/aromatic N) is 1. The van der Waals surface area contributed by atoms with Gasteiger partial charge in [0.25, 0.3) is 0 Å². The van der Waals surface area contributed by atoms with Gasteiger partial charge < -0.3 is 9.64 Å². The van der Waals surface area contributed by atoms with Crippen molar-refractivity contribution in [2.45, 2.75) is 6.61 Å². The fourth-order valence-corrected chi connectivity index (χ4v) is 1.45. The smallest absolute Gasteiger partial charge is 0.383 e. The summed E-state index contributed by atoms with van der Waals surface area (Å²) in [6, 6.07) is 9.24. The summed E-state index contributed by atoms with van der Waals surface area (Å²) in [5, 5.41) is 0. The van der Waals surface area contributed by atoms with E-state index < -0.39 is 17.3 Å². The number of rotatable bonds is 7. The van der Waals surface area contributed by atoms with Gasteiger partial charge in [0.15, 0.2) is 5.78 Å². The van der Waals surface area contributed by atoms with Crippen LogP contribution >= 0.6 is 0 Å². The lowest BCUT2D eigenvalue weighted by molar-refractivity contribution is -0.178. The third-order valence-electron chi connectivity index (χ3n) is 2.32. The van der Waals surface area contributed by atoms with Crippen LogP contribution in [-0.2, 0) is 25.9 Å². The van der Waals surface area contributed by atoms with Crippen LogP contribution in [0.4, 0.5) is 4.53 Å². The lowest BCUT2D eigenvalue weighted by Gasteiger charge is -2.09. The molecule has 0 aliphatic rings. The molecule has 0 aliphatic carbocycles. The minimum absolute atomic E-state index is 0.229. The van der Waals surface area contributed by atoms with Gasteiger partial charge in [0.1, 0.15) is 12.2 Å². The molecule has 0 aromatic heterocycles. The Bertz CT molecular complexity index is 485. The zero-order chi connectivity index (χ0) is 15.0. The van der Waals surface area contributed by atoms with Gasteiger partial charge >= 0.3 is 5.97 Å². The van der Waals surface area contributed by atoms with Crippen LogP contribution < -0.4 is 0 Å². The largest absolute Gasteiger partial charge is 0.384 e. The number of carbonyl (C=O) groups is 2. The first-order chi connectivity index (χ1) is 9.54. The number of benzene rings is 1. The Kier molecular flexibility index (Phi) is 6.39. The van der Waals surface area contributed by atoms with Crippen molar-refractivity contribution in [3.63, 3.8) is 0 Å². The summed E-state index contributed by atoms with van der Waals surface area (Å²) >= 11 is 0. The molecule has 0 fully saturated rings. The van der Waals surface area contributed by atoms with Crippen LogP contribution in [0.2, 0.25) is 0 Å². The number of ether oxygens (including phenoxy) is 1. The Hall–Kier alpha value is -2.21. The second-order valence-corrected chi connectivity index (χ2v) is 4.27. The highest BCUT2D eigenvalue weighted by molar-refractivity contribution is 6.17. The number of hydrogen-bond acceptors (Lipinski definition) is 5. The van der Waals surface area contributed by atoms with Crippen LogP contribution in [0.3, 0.4) is 0 Å². The van der Waals surface area contributed by atoms with E-state index in [0.717, 1.165) is 5.56 Å². The van der Waals surface area contributed by atoms with E-state index in [4.69, 9.17) is 4.74 Å². The summed E-state index contributed by atoms with van der Waals surface area (Å²) in [5.74, 6) is -1.97. The highest BCUT2D eigenvalue weighted by Gasteiger charge is 2.21. The average molecular weight is 281 g/mol. The maximum absolute atomic E-state index is 11.9. The monoisotopic (exact) mass is 281 g/mol. The molecule has 0 saturated carbocycles. The summed E-state index contributed by atoms with van der Waals surface area (Å²) < 4.78 is 17.1. The highest BCUT2D eigenvalue weighted by Crippen LogP contribution is 2.05. The molecule has 0 radical (unpaired) electrons. The van der Waals surface area contributed by atoms with Crippen molar-refractivity contribution >= 4 is 11.8 Å². The van der Waals surface area contributed by atoms with E-state index in [1.165, 1.54) is 11.1 Å². The van der Waals surface area contributed by atoms with Gasteiger partial charge in [0.05, 0.1) is 6.61 Å². The van der Waals surface area contributed by atoms with Crippen molar-refractivity contribution in [2.24, 2.45) is 0 Å². The van der Waals surface area contributed by atoms with E-state index in [1.54, 1.807) is 14.1 Å². The molecule has 108 valence electrons. The maximum atomic E-state index is 11.9. The van der Waals surface area contributed by atoms with Crippen LogP contribution in [0.15, 0.2) is 42.1 Å². The van der Waals surface area contributed by atoms with E-state index in [2.05, 4.69) is 4.94 Å². The van der Waals surface area contributed by atoms with Gasteiger partial charge in [-0.1, -0.05) is 30.3 Å². The SMILES string of the molecule is CN(C)/C=C(/C(=O)COCc1ccccc1)C(=O)OF. The van der Waals surface area contributed by atoms with Crippen molar-refractivity contribution < 1.29 is 23.8 Å². The summed E-state index contributed by atoms with van der Waals surface area (Å²) in [7, 11) is 3.20. The molecule has 1 aromatic rings. The predicted octanol–water partition coefficient (Wildman–Crippen LogP) is 1.65. The average Bonchev–Trinajstić information content (AvgIpc) is 2.44. The van der Waals surface area contributed by atoms with Gasteiger partial charge in [-0.05, 0) is 5.56 Å². The molecular weight excluding hydrogens is 265 g/mol. The van der Waals surface area contributed by atoms with Crippen molar-refractivity contribution in [2.75, 3.05) is 20.7 Å². The summed E-state index contributed by atoms with van der Waals surface area (Å²) in [4.78, 5) is 27.5. The number of hydrogen-bond donors (Lipinski definition) is 0. The third-order valence-corrected chi connectivity index (χ3v) is 2.32. The molecule has 0 spiro atoms. The quantitative estimate of drug-likeness (QED) is 0.432. The number of Topliss-reactive ketones (excluding diaryl/α,β-unsaturated/α-hetero) is 1. The summed E-state index contributed by atoms with van der Waals surface area (Å²) in [6.45, 7) is -0.101. The molecular formula is C14H16FNO4. The van der Waals surface area contributed by atoms with Gasteiger partial charge in [0, 0.05) is 24.8 Å². The minimum atomic E-state index is -1.33. The lowest BCUT2D eigenvalue weighted by Crippen LogP contribution is -2.21. The molecule has 0 heterocycles. The van der Waals surface area contributed by atoms with Gasteiger partial charge in [0.2, 0.25) is 0 Å². The Balaban J connectivity index is 2.57. The van der Waals surface area contributed by atoms with Crippen LogP contribution in [0.1, 0.15) is 5.56 Å². The third kappa shape index (κ3) is 5.19. The number of carbonyl (C=O) groups excluding carboxylic acids is 2. The Morgan fingerprint density at radius 1 is 1.25 bits per heavy atom. The normalized spacial score (nSPS) is 11.1. The molecule has 0 unspecified atom stereocenters. The van der Waals surface area contributed by atoms with Crippen LogP contribution in [0.25, 0.3) is 0 Å². The first-order valence-corrected chi connectivity index (χ1v) is 5.90. The predicted molar refractivity (Wildman–Crippen MR) is 70.1 cm³/mol. The maximum Gasteiger partial charge on any atom is 0.384 e. The van der Waals surface area contributed by atoms with Crippen molar-refractivity contribution in [3.05, 3.63) is 47.7 Å². The number of ketones is 1. The first-order valence-electron chi connectivity index (χ1n) is 5.90. The zero-order valence-electron chi connectivity index (χ0n) is 11.3. The van der Waals surface area contributed by atoms with Gasteiger partial charge in [-0.25, -0.2) is 9.74 Å². The lowest BCUT2D eigenvalue weighted by atomic mass is 10.2. The van der Waals surface area contributed by atoms with E-state index in [0.29, 0.717) is 0 Å². The molecule has 6 heteroatoms. The molecule has 5 nitrogen and oxygen atoms in total. The molecule has 0 saturated heterocycles. The Morgan fingerprint density at radius 3 is 2.45 bits per heavy atom. The Labute approximate surface area is 116 Å². The Morgan fingerprint density at radius 2 is 1.90 bits per heavy atom. The molecule has 0 atom stereocenters. The van der Waals surface area contributed by atoms with E-state index >= 15 is 0 Å². The van der Waals surface area contributed by atoms with Crippen molar-refractivity contribution in [1.82, 2.24) is 4.90 Å². The fourth-order valence-electron chi connectivity index (χ4n) is 1.45. The topological polar surface area (TPSA) is 55.8 Å². The van der Waals surface area contributed by atoms with Crippen LogP contribution in [-0.4, -0.2) is 37.4 Å². The van der Waals surface area contributed by atoms with Crippen LogP contribution in [0, 0.1) is 0 Å². The highest BCUT2D eigenvalue weighted by atomic mass is 19.3. The molecule has 20 heavy (non-hydrogen) atoms. The molecule has 0 bridgehead atoms. The van der Waals surface area contributed by atoms with Gasteiger partial charge in [-0.2, -0.15) is 0 Å². The molecule has 0 N–H and O–H groups in total. The van der Waals surface area contributed by atoms with E-state index in [-0.39, 0.29) is 13.2 Å². The summed E-state index contributed by atoms with van der Waals surface area (Å²) in [6.07, 6.45) is 1.19.